The minimum absolute atomic E-state index is 0.0454. The van der Waals surface area contributed by atoms with Gasteiger partial charge in [-0.25, -0.2) is 9.67 Å². The van der Waals surface area contributed by atoms with Crippen LogP contribution < -0.4 is 10.9 Å². The Morgan fingerprint density at radius 2 is 1.86 bits per heavy atom. The Balaban J connectivity index is 1.70. The lowest BCUT2D eigenvalue weighted by molar-refractivity contribution is -0.116. The van der Waals surface area contributed by atoms with E-state index in [9.17, 15) is 9.59 Å². The second kappa shape index (κ2) is 8.43. The minimum Gasteiger partial charge on any atom is -0.326 e. The first-order valence-corrected chi connectivity index (χ1v) is 9.78. The average molecular weight is 393 g/mol. The molecule has 2 N–H and O–H groups in total. The van der Waals surface area contributed by atoms with Crippen molar-refractivity contribution in [1.82, 2.24) is 19.7 Å². The third-order valence-electron chi connectivity index (χ3n) is 4.96. The number of anilines is 1. The number of nitrogens with one attached hydrogen (secondary N) is 2. The summed E-state index contributed by atoms with van der Waals surface area (Å²) in [6, 6.07) is 9.37. The number of H-pyrrole nitrogens is 1. The van der Waals surface area contributed by atoms with E-state index in [1.165, 1.54) is 11.6 Å². The van der Waals surface area contributed by atoms with Crippen molar-refractivity contribution in [3.8, 4) is 5.95 Å². The van der Waals surface area contributed by atoms with E-state index in [4.69, 9.17) is 0 Å². The number of benzene rings is 1. The normalized spacial score (nSPS) is 11.1. The van der Waals surface area contributed by atoms with Gasteiger partial charge in [0.05, 0.1) is 5.69 Å². The van der Waals surface area contributed by atoms with Crippen molar-refractivity contribution in [3.63, 3.8) is 0 Å². The zero-order valence-corrected chi connectivity index (χ0v) is 17.5. The molecule has 2 heterocycles. The van der Waals surface area contributed by atoms with Crippen LogP contribution in [0.3, 0.4) is 0 Å². The predicted molar refractivity (Wildman–Crippen MR) is 114 cm³/mol. The molecule has 3 aromatic rings. The van der Waals surface area contributed by atoms with Gasteiger partial charge >= 0.3 is 0 Å². The van der Waals surface area contributed by atoms with Crippen LogP contribution in [0.25, 0.3) is 5.95 Å². The fourth-order valence-electron chi connectivity index (χ4n) is 3.32. The van der Waals surface area contributed by atoms with E-state index in [1.54, 1.807) is 11.6 Å². The topological polar surface area (TPSA) is 92.7 Å². The molecule has 0 aliphatic rings. The fourth-order valence-corrected chi connectivity index (χ4v) is 3.32. The first-order chi connectivity index (χ1) is 13.7. The molecule has 0 radical (unpaired) electrons. The molecule has 0 atom stereocenters. The van der Waals surface area contributed by atoms with Gasteiger partial charge in [0.25, 0.3) is 5.56 Å². The molecule has 0 aliphatic heterocycles. The van der Waals surface area contributed by atoms with Gasteiger partial charge in [-0.1, -0.05) is 26.0 Å². The summed E-state index contributed by atoms with van der Waals surface area (Å²) >= 11 is 0. The van der Waals surface area contributed by atoms with Crippen LogP contribution in [0.4, 0.5) is 5.69 Å². The Labute approximate surface area is 170 Å². The van der Waals surface area contributed by atoms with E-state index < -0.39 is 0 Å². The third kappa shape index (κ3) is 4.80. The molecule has 0 fully saturated rings. The monoisotopic (exact) mass is 393 g/mol. The summed E-state index contributed by atoms with van der Waals surface area (Å²) in [5.74, 6) is 0.799. The quantitative estimate of drug-likeness (QED) is 0.669. The van der Waals surface area contributed by atoms with E-state index in [0.29, 0.717) is 30.4 Å². The summed E-state index contributed by atoms with van der Waals surface area (Å²) in [4.78, 5) is 31.2. The van der Waals surface area contributed by atoms with Gasteiger partial charge in [0.1, 0.15) is 0 Å². The van der Waals surface area contributed by atoms with Gasteiger partial charge in [0.15, 0.2) is 0 Å². The van der Waals surface area contributed by atoms with Gasteiger partial charge in [-0.15, -0.1) is 0 Å². The largest absolute Gasteiger partial charge is 0.326 e. The summed E-state index contributed by atoms with van der Waals surface area (Å²) in [5.41, 5.74) is 5.12. The maximum atomic E-state index is 12.4. The zero-order chi connectivity index (χ0) is 21.1. The molecule has 7 heteroatoms. The fraction of sp³-hybridized carbons (Fsp3) is 0.364. The average Bonchev–Trinajstić information content (AvgIpc) is 2.93. The number of aromatic nitrogens is 4. The lowest BCUT2D eigenvalue weighted by Crippen LogP contribution is -2.15. The highest BCUT2D eigenvalue weighted by Gasteiger charge is 2.16. The van der Waals surface area contributed by atoms with Crippen LogP contribution >= 0.6 is 0 Å². The molecule has 7 nitrogen and oxygen atoms in total. The number of rotatable bonds is 6. The number of aryl methyl sites for hydroxylation is 2. The summed E-state index contributed by atoms with van der Waals surface area (Å²) < 4.78 is 1.63. The number of carbonyl (C=O) groups is 1. The van der Waals surface area contributed by atoms with Crippen molar-refractivity contribution in [3.05, 3.63) is 68.9 Å². The number of nitrogens with zero attached hydrogens (tertiary/aromatic N) is 3. The van der Waals surface area contributed by atoms with E-state index in [1.807, 2.05) is 38.1 Å². The Morgan fingerprint density at radius 3 is 2.48 bits per heavy atom. The molecule has 0 unspecified atom stereocenters. The maximum Gasteiger partial charge on any atom is 0.252 e. The molecule has 0 bridgehead atoms. The Hall–Kier alpha value is -3.22. The highest BCUT2D eigenvalue weighted by atomic mass is 16.1. The Bertz CT molecular complexity index is 1080. The summed E-state index contributed by atoms with van der Waals surface area (Å²) in [5, 5.41) is 7.45. The van der Waals surface area contributed by atoms with Gasteiger partial charge in [-0.2, -0.15) is 5.10 Å². The van der Waals surface area contributed by atoms with Crippen molar-refractivity contribution in [2.75, 3.05) is 5.32 Å². The summed E-state index contributed by atoms with van der Waals surface area (Å²) in [6.45, 7) is 9.86. The number of hydrogen-bond acceptors (Lipinski definition) is 4. The van der Waals surface area contributed by atoms with E-state index >= 15 is 0 Å². The van der Waals surface area contributed by atoms with Crippen molar-refractivity contribution in [2.45, 2.75) is 53.4 Å². The van der Waals surface area contributed by atoms with Gasteiger partial charge < -0.3 is 5.32 Å². The predicted octanol–water partition coefficient (Wildman–Crippen LogP) is 3.58. The number of hydrogen-bond donors (Lipinski definition) is 2. The van der Waals surface area contributed by atoms with Crippen LogP contribution in [0.5, 0.6) is 0 Å². The van der Waals surface area contributed by atoms with Crippen LogP contribution in [0.2, 0.25) is 0 Å². The van der Waals surface area contributed by atoms with Crippen LogP contribution in [-0.4, -0.2) is 25.7 Å². The van der Waals surface area contributed by atoms with Gasteiger partial charge in [0.2, 0.25) is 11.9 Å². The lowest BCUT2D eigenvalue weighted by atomic mass is 10.0. The SMILES string of the molecule is Cc1cc(=O)[nH]c(-n2nc(C)c(CCC(=O)Nc3ccc(C(C)C)cc3)c2C)n1. The molecule has 0 saturated heterocycles. The van der Waals surface area contributed by atoms with E-state index in [2.05, 4.69) is 34.2 Å². The second-order valence-electron chi connectivity index (χ2n) is 7.60. The maximum absolute atomic E-state index is 12.4. The van der Waals surface area contributed by atoms with Crippen molar-refractivity contribution in [2.24, 2.45) is 0 Å². The Kier molecular flexibility index (Phi) is 5.96. The second-order valence-corrected chi connectivity index (χ2v) is 7.60. The highest BCUT2D eigenvalue weighted by molar-refractivity contribution is 5.90. The van der Waals surface area contributed by atoms with E-state index in [0.717, 1.165) is 22.6 Å². The highest BCUT2D eigenvalue weighted by Crippen LogP contribution is 2.19. The van der Waals surface area contributed by atoms with Crippen molar-refractivity contribution in [1.29, 1.82) is 0 Å². The zero-order valence-electron chi connectivity index (χ0n) is 17.5. The molecule has 1 amide bonds. The summed E-state index contributed by atoms with van der Waals surface area (Å²) in [6.07, 6.45) is 0.903. The first kappa shape index (κ1) is 20.5. The molecular formula is C22H27N5O2. The molecule has 1 aromatic carbocycles. The van der Waals surface area contributed by atoms with Crippen LogP contribution in [0.15, 0.2) is 35.1 Å². The first-order valence-electron chi connectivity index (χ1n) is 9.78. The van der Waals surface area contributed by atoms with E-state index in [-0.39, 0.29) is 11.5 Å². The van der Waals surface area contributed by atoms with Gasteiger partial charge in [-0.3, -0.25) is 14.6 Å². The molecule has 2 aromatic heterocycles. The third-order valence-corrected chi connectivity index (χ3v) is 4.96. The van der Waals surface area contributed by atoms with Crippen molar-refractivity contribution >= 4 is 11.6 Å². The van der Waals surface area contributed by atoms with Crippen LogP contribution in [0.1, 0.15) is 54.4 Å². The molecular weight excluding hydrogens is 366 g/mol. The number of amides is 1. The number of carbonyl (C=O) groups excluding carboxylic acids is 1. The Morgan fingerprint density at radius 1 is 1.17 bits per heavy atom. The van der Waals surface area contributed by atoms with Gasteiger partial charge in [-0.05, 0) is 56.4 Å². The summed E-state index contributed by atoms with van der Waals surface area (Å²) in [7, 11) is 0. The molecule has 0 saturated carbocycles. The molecule has 0 aliphatic carbocycles. The molecule has 29 heavy (non-hydrogen) atoms. The van der Waals surface area contributed by atoms with Gasteiger partial charge in [0, 0.05) is 29.6 Å². The molecule has 3 rings (SSSR count). The molecule has 0 spiro atoms. The van der Waals surface area contributed by atoms with Crippen molar-refractivity contribution < 1.29 is 4.79 Å². The standard InChI is InChI=1S/C22H27N5O2/c1-13(2)17-6-8-18(9-7-17)24-20(28)11-10-19-15(4)26-27(16(19)5)22-23-14(3)12-21(29)25-22/h6-9,12-13H,10-11H2,1-5H3,(H,24,28)(H,23,25,29). The smallest absolute Gasteiger partial charge is 0.252 e. The van der Waals surface area contributed by atoms with Crippen LogP contribution in [-0.2, 0) is 11.2 Å². The number of aromatic amines is 1. The minimum atomic E-state index is -0.218. The van der Waals surface area contributed by atoms with Crippen LogP contribution in [0, 0.1) is 20.8 Å². The lowest BCUT2D eigenvalue weighted by Gasteiger charge is -2.09. The molecule has 152 valence electrons.